The highest BCUT2D eigenvalue weighted by Gasteiger charge is 2.34. The van der Waals surface area contributed by atoms with Crippen LogP contribution >= 0.6 is 0 Å². The Balaban J connectivity index is 2.09. The van der Waals surface area contributed by atoms with E-state index in [9.17, 15) is 0 Å². The molecule has 1 aliphatic rings. The molecule has 2 nitrogen and oxygen atoms in total. The highest BCUT2D eigenvalue weighted by molar-refractivity contribution is 5.19. The number of rotatable bonds is 3. The van der Waals surface area contributed by atoms with Gasteiger partial charge in [-0.2, -0.15) is 0 Å². The van der Waals surface area contributed by atoms with Crippen molar-refractivity contribution in [3.8, 4) is 0 Å². The van der Waals surface area contributed by atoms with Crippen LogP contribution in [0.1, 0.15) is 12.0 Å². The van der Waals surface area contributed by atoms with Gasteiger partial charge in [-0.1, -0.05) is 30.3 Å². The number of nitrogens with one attached hydrogen (secondary N) is 1. The van der Waals surface area contributed by atoms with Crippen molar-refractivity contribution in [2.45, 2.75) is 18.4 Å². The second-order valence-corrected chi connectivity index (χ2v) is 4.68. The summed E-state index contributed by atoms with van der Waals surface area (Å²) in [6, 6.07) is 10.8. The van der Waals surface area contributed by atoms with Gasteiger partial charge in [0.2, 0.25) is 0 Å². The lowest BCUT2D eigenvalue weighted by atomic mass is 9.90. The Morgan fingerprint density at radius 3 is 2.60 bits per heavy atom. The zero-order valence-electron chi connectivity index (χ0n) is 9.66. The fourth-order valence-corrected chi connectivity index (χ4v) is 2.50. The standard InChI is InChI=1S/C13H20N2/c1-14-13(8-9-15(2)11-13)10-12-6-4-3-5-7-12/h3-7,14H,8-11H2,1-2H3. The van der Waals surface area contributed by atoms with E-state index in [0.29, 0.717) is 0 Å². The summed E-state index contributed by atoms with van der Waals surface area (Å²) in [5.74, 6) is 0. The van der Waals surface area contributed by atoms with Crippen LogP contribution in [0.25, 0.3) is 0 Å². The number of likely N-dealkylation sites (tertiary alicyclic amines) is 1. The minimum atomic E-state index is 0.288. The van der Waals surface area contributed by atoms with E-state index >= 15 is 0 Å². The lowest BCUT2D eigenvalue weighted by Crippen LogP contribution is -2.47. The molecule has 1 aromatic rings. The average Bonchev–Trinajstić information content (AvgIpc) is 2.62. The fraction of sp³-hybridized carbons (Fsp3) is 0.538. The quantitative estimate of drug-likeness (QED) is 0.803. The summed E-state index contributed by atoms with van der Waals surface area (Å²) in [6.45, 7) is 2.35. The second-order valence-electron chi connectivity index (χ2n) is 4.68. The molecule has 0 spiro atoms. The van der Waals surface area contributed by atoms with Gasteiger partial charge in [-0.15, -0.1) is 0 Å². The molecule has 2 rings (SSSR count). The first-order valence-corrected chi connectivity index (χ1v) is 5.65. The Morgan fingerprint density at radius 2 is 2.07 bits per heavy atom. The lowest BCUT2D eigenvalue weighted by Gasteiger charge is -2.28. The van der Waals surface area contributed by atoms with Gasteiger partial charge in [0.15, 0.2) is 0 Å². The van der Waals surface area contributed by atoms with Crippen LogP contribution in [0, 0.1) is 0 Å². The minimum Gasteiger partial charge on any atom is -0.313 e. The molecule has 1 atom stereocenters. The zero-order chi connectivity index (χ0) is 10.7. The first-order chi connectivity index (χ1) is 7.24. The van der Waals surface area contributed by atoms with Crippen molar-refractivity contribution in [2.24, 2.45) is 0 Å². The molecule has 0 saturated carbocycles. The minimum absolute atomic E-state index is 0.288. The summed E-state index contributed by atoms with van der Waals surface area (Å²) >= 11 is 0. The van der Waals surface area contributed by atoms with E-state index < -0.39 is 0 Å². The van der Waals surface area contributed by atoms with Gasteiger partial charge in [-0.3, -0.25) is 0 Å². The van der Waals surface area contributed by atoms with E-state index in [2.05, 4.69) is 54.6 Å². The first-order valence-electron chi connectivity index (χ1n) is 5.65. The molecule has 1 aliphatic heterocycles. The van der Waals surface area contributed by atoms with Crippen molar-refractivity contribution < 1.29 is 0 Å². The smallest absolute Gasteiger partial charge is 0.0358 e. The van der Waals surface area contributed by atoms with Gasteiger partial charge < -0.3 is 10.2 Å². The zero-order valence-corrected chi connectivity index (χ0v) is 9.66. The first kappa shape index (κ1) is 10.7. The molecular weight excluding hydrogens is 184 g/mol. The average molecular weight is 204 g/mol. The van der Waals surface area contributed by atoms with Gasteiger partial charge in [-0.25, -0.2) is 0 Å². The summed E-state index contributed by atoms with van der Waals surface area (Å²) < 4.78 is 0. The van der Waals surface area contributed by atoms with Crippen molar-refractivity contribution in [3.63, 3.8) is 0 Å². The van der Waals surface area contributed by atoms with E-state index in [1.54, 1.807) is 0 Å². The van der Waals surface area contributed by atoms with E-state index in [4.69, 9.17) is 0 Å². The van der Waals surface area contributed by atoms with Crippen LogP contribution in [0.5, 0.6) is 0 Å². The van der Waals surface area contributed by atoms with Gasteiger partial charge in [0.25, 0.3) is 0 Å². The lowest BCUT2D eigenvalue weighted by molar-refractivity contribution is 0.326. The van der Waals surface area contributed by atoms with Crippen LogP contribution < -0.4 is 5.32 Å². The summed E-state index contributed by atoms with van der Waals surface area (Å²) in [5, 5.41) is 3.51. The molecule has 0 bridgehead atoms. The van der Waals surface area contributed by atoms with Crippen LogP contribution in [0.2, 0.25) is 0 Å². The molecule has 2 heteroatoms. The van der Waals surface area contributed by atoms with Crippen molar-refractivity contribution in [2.75, 3.05) is 27.2 Å². The van der Waals surface area contributed by atoms with Gasteiger partial charge in [-0.05, 0) is 39.0 Å². The molecule has 1 heterocycles. The SMILES string of the molecule is CNC1(Cc2ccccc2)CCN(C)C1. The molecular formula is C13H20N2. The number of nitrogens with zero attached hydrogens (tertiary/aromatic N) is 1. The summed E-state index contributed by atoms with van der Waals surface area (Å²) in [6.07, 6.45) is 2.38. The Bertz CT molecular complexity index is 310. The molecule has 0 aromatic heterocycles. The number of likely N-dealkylation sites (N-methyl/N-ethyl adjacent to an activating group) is 2. The van der Waals surface area contributed by atoms with Gasteiger partial charge in [0.1, 0.15) is 0 Å². The van der Waals surface area contributed by atoms with Gasteiger partial charge in [0.05, 0.1) is 0 Å². The van der Waals surface area contributed by atoms with Crippen molar-refractivity contribution in [1.82, 2.24) is 10.2 Å². The summed E-state index contributed by atoms with van der Waals surface area (Å²) in [4.78, 5) is 2.40. The third kappa shape index (κ3) is 2.39. The number of hydrogen-bond acceptors (Lipinski definition) is 2. The monoisotopic (exact) mass is 204 g/mol. The van der Waals surface area contributed by atoms with E-state index in [1.165, 1.54) is 18.5 Å². The molecule has 0 amide bonds. The van der Waals surface area contributed by atoms with E-state index in [0.717, 1.165) is 13.0 Å². The highest BCUT2D eigenvalue weighted by atomic mass is 15.2. The van der Waals surface area contributed by atoms with Crippen LogP contribution in [0.15, 0.2) is 30.3 Å². The molecule has 0 radical (unpaired) electrons. The van der Waals surface area contributed by atoms with Crippen molar-refractivity contribution >= 4 is 0 Å². The normalized spacial score (nSPS) is 27.1. The van der Waals surface area contributed by atoms with Crippen molar-refractivity contribution in [3.05, 3.63) is 35.9 Å². The van der Waals surface area contributed by atoms with E-state index in [-0.39, 0.29) is 5.54 Å². The molecule has 1 aromatic carbocycles. The molecule has 82 valence electrons. The van der Waals surface area contributed by atoms with Crippen LogP contribution in [-0.4, -0.2) is 37.6 Å². The Kier molecular flexibility index (Phi) is 3.08. The second kappa shape index (κ2) is 4.33. The Morgan fingerprint density at radius 1 is 1.33 bits per heavy atom. The third-order valence-electron chi connectivity index (χ3n) is 3.46. The van der Waals surface area contributed by atoms with Crippen LogP contribution in [0.3, 0.4) is 0 Å². The molecule has 1 fully saturated rings. The Hall–Kier alpha value is -0.860. The fourth-order valence-electron chi connectivity index (χ4n) is 2.50. The maximum atomic E-state index is 3.51. The Labute approximate surface area is 92.3 Å². The molecule has 1 N–H and O–H groups in total. The molecule has 1 unspecified atom stereocenters. The summed E-state index contributed by atoms with van der Waals surface area (Å²) in [7, 11) is 4.28. The van der Waals surface area contributed by atoms with Gasteiger partial charge in [0, 0.05) is 12.1 Å². The van der Waals surface area contributed by atoms with E-state index in [1.807, 2.05) is 0 Å². The van der Waals surface area contributed by atoms with Crippen LogP contribution in [0.4, 0.5) is 0 Å². The summed E-state index contributed by atoms with van der Waals surface area (Å²) in [5.41, 5.74) is 1.72. The van der Waals surface area contributed by atoms with Crippen molar-refractivity contribution in [1.29, 1.82) is 0 Å². The molecule has 15 heavy (non-hydrogen) atoms. The maximum absolute atomic E-state index is 3.51. The highest BCUT2D eigenvalue weighted by Crippen LogP contribution is 2.24. The topological polar surface area (TPSA) is 15.3 Å². The predicted octanol–water partition coefficient (Wildman–Crippen LogP) is 1.52. The largest absolute Gasteiger partial charge is 0.313 e. The molecule has 0 aliphatic carbocycles. The number of benzene rings is 1. The number of hydrogen-bond donors (Lipinski definition) is 1. The van der Waals surface area contributed by atoms with Gasteiger partial charge >= 0.3 is 0 Å². The predicted molar refractivity (Wildman–Crippen MR) is 64.1 cm³/mol. The maximum Gasteiger partial charge on any atom is 0.0358 e. The molecule has 1 saturated heterocycles. The van der Waals surface area contributed by atoms with Crippen LogP contribution in [-0.2, 0) is 6.42 Å². The third-order valence-corrected chi connectivity index (χ3v) is 3.46.